The number of ether oxygens (including phenoxy) is 1. The maximum Gasteiger partial charge on any atom is 0.346 e. The smallest absolute Gasteiger partial charge is 0.346 e. The van der Waals surface area contributed by atoms with Crippen LogP contribution in [0.1, 0.15) is 40.5 Å². The van der Waals surface area contributed by atoms with Crippen LogP contribution in [0, 0.1) is 17.8 Å². The van der Waals surface area contributed by atoms with Gasteiger partial charge in [0.1, 0.15) is 11.4 Å². The Morgan fingerprint density at radius 3 is 2.59 bits per heavy atom. The van der Waals surface area contributed by atoms with Gasteiger partial charge >= 0.3 is 11.9 Å². The summed E-state index contributed by atoms with van der Waals surface area (Å²) in [5, 5.41) is 19.8. The standard InChI is InChI=1S/C20H24O7/c1-10-8-14(5-6-15(22)23)20(9-12(10)3)18(25)16(19(26)27-20)17(24)11(2)7-13(4)21/h5-6,8,11-12,14,25H,7,9H2,1-4H3,(H,22,23)/b6-5+/t11-,12+,14+,20-/m0/s1. The molecule has 0 bridgehead atoms. The Kier molecular flexibility index (Phi) is 5.73. The maximum absolute atomic E-state index is 12.6. The van der Waals surface area contributed by atoms with Gasteiger partial charge in [-0.25, -0.2) is 9.59 Å². The number of carbonyl (C=O) groups excluding carboxylic acids is 3. The minimum absolute atomic E-state index is 0.0430. The van der Waals surface area contributed by atoms with Gasteiger partial charge in [-0.3, -0.25) is 4.79 Å². The average Bonchev–Trinajstić information content (AvgIpc) is 2.79. The van der Waals surface area contributed by atoms with E-state index in [1.54, 1.807) is 6.08 Å². The molecule has 0 amide bonds. The van der Waals surface area contributed by atoms with Crippen LogP contribution in [-0.2, 0) is 23.9 Å². The van der Waals surface area contributed by atoms with Crippen molar-refractivity contribution in [2.24, 2.45) is 17.8 Å². The number of allylic oxidation sites excluding steroid dienone is 1. The van der Waals surface area contributed by atoms with Gasteiger partial charge in [-0.1, -0.05) is 31.6 Å². The summed E-state index contributed by atoms with van der Waals surface area (Å²) in [5.74, 6) is -4.98. The zero-order chi connectivity index (χ0) is 20.5. The van der Waals surface area contributed by atoms with Crippen molar-refractivity contribution in [1.29, 1.82) is 0 Å². The molecule has 0 radical (unpaired) electrons. The first-order chi connectivity index (χ1) is 12.5. The van der Waals surface area contributed by atoms with Gasteiger partial charge in [0.15, 0.2) is 17.1 Å². The number of ketones is 2. The number of esters is 1. The predicted molar refractivity (Wildman–Crippen MR) is 95.8 cm³/mol. The van der Waals surface area contributed by atoms with E-state index in [2.05, 4.69) is 0 Å². The molecular formula is C20H24O7. The SMILES string of the molecule is CC(=O)C[C@H](C)C(=O)C1=C(O)[C@@]2(C[C@@H](C)C(C)=C[C@H]2/C=C/C(=O)O)OC1=O. The number of Topliss-reactive ketones (excluding diaryl/α,β-unsaturated/α-hetero) is 2. The lowest BCUT2D eigenvalue weighted by molar-refractivity contribution is -0.153. The highest BCUT2D eigenvalue weighted by atomic mass is 16.6. The topological polar surface area (TPSA) is 118 Å². The lowest BCUT2D eigenvalue weighted by Crippen LogP contribution is -2.43. The summed E-state index contributed by atoms with van der Waals surface area (Å²) in [6.07, 6.45) is 4.18. The number of hydrogen-bond donors (Lipinski definition) is 2. The van der Waals surface area contributed by atoms with E-state index in [0.717, 1.165) is 11.6 Å². The molecule has 7 nitrogen and oxygen atoms in total. The van der Waals surface area contributed by atoms with Crippen LogP contribution in [0.3, 0.4) is 0 Å². The molecule has 1 spiro atoms. The molecule has 0 fully saturated rings. The number of carbonyl (C=O) groups is 4. The third-order valence-corrected chi connectivity index (χ3v) is 5.22. The van der Waals surface area contributed by atoms with Gasteiger partial charge in [0.05, 0.1) is 0 Å². The zero-order valence-electron chi connectivity index (χ0n) is 15.8. The van der Waals surface area contributed by atoms with Gasteiger partial charge in [-0.15, -0.1) is 0 Å². The van der Waals surface area contributed by atoms with Crippen molar-refractivity contribution in [3.05, 3.63) is 35.1 Å². The Bertz CT molecular complexity index is 786. The number of carboxylic acids is 1. The third kappa shape index (κ3) is 3.86. The molecule has 1 aliphatic carbocycles. The zero-order valence-corrected chi connectivity index (χ0v) is 15.8. The fourth-order valence-corrected chi connectivity index (χ4v) is 3.66. The first-order valence-electron chi connectivity index (χ1n) is 8.79. The monoisotopic (exact) mass is 376 g/mol. The Morgan fingerprint density at radius 2 is 2.04 bits per heavy atom. The number of hydrogen-bond acceptors (Lipinski definition) is 6. The van der Waals surface area contributed by atoms with Crippen molar-refractivity contribution in [2.45, 2.75) is 46.1 Å². The van der Waals surface area contributed by atoms with Crippen LogP contribution < -0.4 is 0 Å². The molecule has 1 aliphatic heterocycles. The van der Waals surface area contributed by atoms with Gasteiger partial charge in [0.2, 0.25) is 0 Å². The summed E-state index contributed by atoms with van der Waals surface area (Å²) >= 11 is 0. The molecule has 2 rings (SSSR count). The van der Waals surface area contributed by atoms with Gasteiger partial charge in [-0.2, -0.15) is 0 Å². The van der Waals surface area contributed by atoms with E-state index in [1.165, 1.54) is 19.9 Å². The van der Waals surface area contributed by atoms with Crippen molar-refractivity contribution in [3.63, 3.8) is 0 Å². The van der Waals surface area contributed by atoms with Crippen LogP contribution in [0.15, 0.2) is 35.1 Å². The maximum atomic E-state index is 12.6. The highest BCUT2D eigenvalue weighted by Gasteiger charge is 2.56. The summed E-state index contributed by atoms with van der Waals surface area (Å²) in [6.45, 7) is 6.62. The molecule has 0 aromatic rings. The summed E-state index contributed by atoms with van der Waals surface area (Å²) < 4.78 is 5.50. The van der Waals surface area contributed by atoms with Crippen molar-refractivity contribution in [3.8, 4) is 0 Å². The molecule has 2 aliphatic rings. The number of aliphatic carboxylic acids is 1. The molecule has 0 saturated heterocycles. The van der Waals surface area contributed by atoms with E-state index < -0.39 is 46.5 Å². The molecule has 1 heterocycles. The summed E-state index contributed by atoms with van der Waals surface area (Å²) in [6, 6.07) is 0. The number of carboxylic acid groups (broad SMARTS) is 1. The van der Waals surface area contributed by atoms with Crippen LogP contribution in [0.5, 0.6) is 0 Å². The number of aliphatic hydroxyl groups is 1. The first-order valence-corrected chi connectivity index (χ1v) is 8.79. The molecule has 2 N–H and O–H groups in total. The molecule has 146 valence electrons. The number of aliphatic hydroxyl groups excluding tert-OH is 1. The fourth-order valence-electron chi connectivity index (χ4n) is 3.66. The Hall–Kier alpha value is -2.70. The quantitative estimate of drug-likeness (QED) is 0.316. The highest BCUT2D eigenvalue weighted by Crippen LogP contribution is 2.48. The van der Waals surface area contributed by atoms with Crippen LogP contribution in [-0.4, -0.2) is 39.3 Å². The fraction of sp³-hybridized carbons (Fsp3) is 0.500. The molecular weight excluding hydrogens is 352 g/mol. The van der Waals surface area contributed by atoms with E-state index in [9.17, 15) is 24.3 Å². The molecule has 0 unspecified atom stereocenters. The highest BCUT2D eigenvalue weighted by molar-refractivity contribution is 6.20. The molecule has 27 heavy (non-hydrogen) atoms. The Balaban J connectivity index is 2.52. The first kappa shape index (κ1) is 20.6. The second kappa shape index (κ2) is 7.50. The lowest BCUT2D eigenvalue weighted by Gasteiger charge is -2.39. The van der Waals surface area contributed by atoms with E-state index in [4.69, 9.17) is 9.84 Å². The van der Waals surface area contributed by atoms with Gasteiger partial charge in [-0.05, 0) is 19.8 Å². The molecule has 0 aromatic heterocycles. The molecule has 0 aromatic carbocycles. The summed E-state index contributed by atoms with van der Waals surface area (Å²) in [7, 11) is 0. The van der Waals surface area contributed by atoms with Gasteiger partial charge in [0.25, 0.3) is 0 Å². The van der Waals surface area contributed by atoms with Crippen LogP contribution in [0.25, 0.3) is 0 Å². The number of rotatable bonds is 6. The molecule has 4 atom stereocenters. The normalized spacial score (nSPS) is 29.0. The van der Waals surface area contributed by atoms with Crippen molar-refractivity contribution in [1.82, 2.24) is 0 Å². The van der Waals surface area contributed by atoms with E-state index in [-0.39, 0.29) is 24.5 Å². The van der Waals surface area contributed by atoms with Crippen molar-refractivity contribution >= 4 is 23.5 Å². The van der Waals surface area contributed by atoms with Crippen molar-refractivity contribution < 1.29 is 34.1 Å². The summed E-state index contributed by atoms with van der Waals surface area (Å²) in [4.78, 5) is 47.3. The minimum Gasteiger partial charge on any atom is -0.507 e. The Labute approximate surface area is 157 Å². The van der Waals surface area contributed by atoms with Gasteiger partial charge < -0.3 is 19.7 Å². The van der Waals surface area contributed by atoms with Crippen molar-refractivity contribution in [2.75, 3.05) is 0 Å². The van der Waals surface area contributed by atoms with E-state index in [0.29, 0.717) is 0 Å². The average molecular weight is 376 g/mol. The summed E-state index contributed by atoms with van der Waals surface area (Å²) in [5.41, 5.74) is -0.991. The van der Waals surface area contributed by atoms with E-state index in [1.807, 2.05) is 13.8 Å². The second-order valence-electron chi connectivity index (χ2n) is 7.41. The molecule has 7 heteroatoms. The molecule has 0 saturated carbocycles. The second-order valence-corrected chi connectivity index (χ2v) is 7.41. The largest absolute Gasteiger partial charge is 0.507 e. The van der Waals surface area contributed by atoms with E-state index >= 15 is 0 Å². The van der Waals surface area contributed by atoms with Gasteiger partial charge in [0, 0.05) is 30.8 Å². The Morgan fingerprint density at radius 1 is 1.41 bits per heavy atom. The minimum atomic E-state index is -1.51. The van der Waals surface area contributed by atoms with Crippen LogP contribution in [0.2, 0.25) is 0 Å². The predicted octanol–water partition coefficient (Wildman–Crippen LogP) is 2.52. The lowest BCUT2D eigenvalue weighted by atomic mass is 9.71. The van der Waals surface area contributed by atoms with Crippen LogP contribution >= 0.6 is 0 Å². The van der Waals surface area contributed by atoms with Crippen LogP contribution in [0.4, 0.5) is 0 Å². The third-order valence-electron chi connectivity index (χ3n) is 5.22.